The molecule has 7 aromatic rings. The molecule has 0 bridgehead atoms. The van der Waals surface area contributed by atoms with Gasteiger partial charge in [0.2, 0.25) is 0 Å². The van der Waals surface area contributed by atoms with Crippen LogP contribution in [-0.4, -0.2) is 0 Å². The van der Waals surface area contributed by atoms with Crippen LogP contribution in [0.4, 0.5) is 0 Å². The Hall–Kier alpha value is -5.46. The topological polar surface area (TPSA) is 0 Å². The van der Waals surface area contributed by atoms with E-state index in [1.54, 1.807) is 0 Å². The Morgan fingerprint density at radius 3 is 2.09 bits per heavy atom. The Kier molecular flexibility index (Phi) is 7.20. The van der Waals surface area contributed by atoms with Gasteiger partial charge in [-0.1, -0.05) is 159 Å². The first-order valence-electron chi connectivity index (χ1n) is 16.4. The highest BCUT2D eigenvalue weighted by Crippen LogP contribution is 2.47. The summed E-state index contributed by atoms with van der Waals surface area (Å²) in [5.74, 6) is 0.417. The quantitative estimate of drug-likeness (QED) is 0.188. The molecule has 7 aromatic carbocycles. The zero-order chi connectivity index (χ0) is 31.0. The van der Waals surface area contributed by atoms with Crippen molar-refractivity contribution in [2.24, 2.45) is 0 Å². The third-order valence-corrected chi connectivity index (χ3v) is 9.75. The van der Waals surface area contributed by atoms with Gasteiger partial charge >= 0.3 is 0 Å². The molecular weight excluding hydrogens is 553 g/mol. The molecule has 1 unspecified atom stereocenters. The van der Waals surface area contributed by atoms with Gasteiger partial charge in [-0.15, -0.1) is 0 Å². The standard InChI is InChI=1S/C46H36/c1-3-36-41-22-13-14-24-43(41)44-28-26-35(30-45(36)44)46(37-19-9-7-15-31(37)2)40-21-10-8-18-33(40)29-34-25-27-39(32-16-5-4-6-17-32)42-23-12-11-20-38(34)42/h4-30,36H,3H2,1-2H3/b33-29+,46-40-. The predicted octanol–water partition coefficient (Wildman–Crippen LogP) is 10.4. The minimum absolute atomic E-state index is 0.417. The molecule has 1 aliphatic carbocycles. The van der Waals surface area contributed by atoms with E-state index in [0.717, 1.165) is 6.42 Å². The molecule has 0 heteroatoms. The van der Waals surface area contributed by atoms with E-state index < -0.39 is 0 Å². The molecule has 0 fully saturated rings. The van der Waals surface area contributed by atoms with Crippen LogP contribution in [0.25, 0.3) is 44.7 Å². The highest BCUT2D eigenvalue weighted by Gasteiger charge is 2.27. The number of fused-ring (bicyclic) bond motifs is 4. The van der Waals surface area contributed by atoms with E-state index in [0.29, 0.717) is 5.92 Å². The van der Waals surface area contributed by atoms with Crippen molar-refractivity contribution in [3.05, 3.63) is 202 Å². The van der Waals surface area contributed by atoms with Gasteiger partial charge in [-0.3, -0.25) is 0 Å². The molecule has 220 valence electrons. The Morgan fingerprint density at radius 1 is 0.565 bits per heavy atom. The molecule has 0 aromatic heterocycles. The molecular formula is C46H36. The SMILES string of the molecule is CCC1c2ccccc2-c2ccc(/C(c3ccccc3C)=c3\cccc\c3=C/c3ccc(-c4ccccc4)c4ccccc34)cc21. The van der Waals surface area contributed by atoms with Crippen LogP contribution in [0.2, 0.25) is 0 Å². The van der Waals surface area contributed by atoms with E-state index in [1.807, 2.05) is 0 Å². The zero-order valence-corrected chi connectivity index (χ0v) is 26.4. The number of rotatable bonds is 5. The summed E-state index contributed by atoms with van der Waals surface area (Å²) in [6.07, 6.45) is 3.46. The zero-order valence-electron chi connectivity index (χ0n) is 26.4. The van der Waals surface area contributed by atoms with Crippen molar-refractivity contribution >= 4 is 22.4 Å². The largest absolute Gasteiger partial charge is 0.0645 e. The van der Waals surface area contributed by atoms with E-state index >= 15 is 0 Å². The van der Waals surface area contributed by atoms with Crippen molar-refractivity contribution in [1.29, 1.82) is 0 Å². The lowest BCUT2D eigenvalue weighted by Gasteiger charge is -2.16. The monoisotopic (exact) mass is 588 g/mol. The Labute approximate surface area is 271 Å². The number of hydrogen-bond acceptors (Lipinski definition) is 0. The van der Waals surface area contributed by atoms with Crippen LogP contribution < -0.4 is 10.4 Å². The van der Waals surface area contributed by atoms with Crippen LogP contribution in [0.5, 0.6) is 0 Å². The van der Waals surface area contributed by atoms with Crippen LogP contribution in [0.3, 0.4) is 0 Å². The molecule has 0 heterocycles. The van der Waals surface area contributed by atoms with E-state index in [-0.39, 0.29) is 0 Å². The van der Waals surface area contributed by atoms with E-state index in [4.69, 9.17) is 0 Å². The minimum Gasteiger partial charge on any atom is -0.0645 e. The van der Waals surface area contributed by atoms with E-state index in [1.165, 1.54) is 82.4 Å². The summed E-state index contributed by atoms with van der Waals surface area (Å²) in [5, 5.41) is 5.00. The first kappa shape index (κ1) is 28.0. The van der Waals surface area contributed by atoms with E-state index in [2.05, 4.69) is 178 Å². The third-order valence-electron chi connectivity index (χ3n) is 9.75. The molecule has 0 amide bonds. The molecule has 0 aliphatic heterocycles. The van der Waals surface area contributed by atoms with Gasteiger partial charge in [0.1, 0.15) is 0 Å². The summed E-state index contributed by atoms with van der Waals surface area (Å²) < 4.78 is 0. The summed E-state index contributed by atoms with van der Waals surface area (Å²) >= 11 is 0. The van der Waals surface area contributed by atoms with Crippen molar-refractivity contribution < 1.29 is 0 Å². The summed E-state index contributed by atoms with van der Waals surface area (Å²) in [5.41, 5.74) is 14.5. The summed E-state index contributed by atoms with van der Waals surface area (Å²) in [6.45, 7) is 4.54. The molecule has 0 saturated heterocycles. The first-order chi connectivity index (χ1) is 22.7. The fraction of sp³-hybridized carbons (Fsp3) is 0.0870. The molecule has 0 nitrogen and oxygen atoms in total. The summed E-state index contributed by atoms with van der Waals surface area (Å²) in [4.78, 5) is 0. The molecule has 0 radical (unpaired) electrons. The Balaban J connectivity index is 1.40. The van der Waals surface area contributed by atoms with Crippen molar-refractivity contribution in [2.75, 3.05) is 0 Å². The third kappa shape index (κ3) is 4.78. The van der Waals surface area contributed by atoms with Gasteiger partial charge in [0.25, 0.3) is 0 Å². The second kappa shape index (κ2) is 11.8. The van der Waals surface area contributed by atoms with Crippen LogP contribution in [0.15, 0.2) is 158 Å². The van der Waals surface area contributed by atoms with Gasteiger partial charge in [-0.2, -0.15) is 0 Å². The second-order valence-electron chi connectivity index (χ2n) is 12.4. The molecule has 0 N–H and O–H groups in total. The lowest BCUT2D eigenvalue weighted by atomic mass is 9.87. The maximum atomic E-state index is 2.48. The normalized spacial score (nSPS) is 14.7. The van der Waals surface area contributed by atoms with Gasteiger partial charge in [0.15, 0.2) is 0 Å². The second-order valence-corrected chi connectivity index (χ2v) is 12.4. The minimum atomic E-state index is 0.417. The highest BCUT2D eigenvalue weighted by atomic mass is 14.3. The van der Waals surface area contributed by atoms with Gasteiger partial charge in [-0.25, -0.2) is 0 Å². The molecule has 46 heavy (non-hydrogen) atoms. The van der Waals surface area contributed by atoms with E-state index in [9.17, 15) is 0 Å². The van der Waals surface area contributed by atoms with Crippen molar-refractivity contribution in [2.45, 2.75) is 26.2 Å². The van der Waals surface area contributed by atoms with Crippen molar-refractivity contribution in [1.82, 2.24) is 0 Å². The summed E-state index contributed by atoms with van der Waals surface area (Å²) in [7, 11) is 0. The van der Waals surface area contributed by atoms with Gasteiger partial charge in [-0.05, 0) is 108 Å². The first-order valence-corrected chi connectivity index (χ1v) is 16.4. The molecule has 1 atom stereocenters. The number of benzene rings is 7. The molecule has 0 saturated carbocycles. The summed E-state index contributed by atoms with van der Waals surface area (Å²) in [6, 6.07) is 57.9. The average Bonchev–Trinajstić information content (AvgIpc) is 3.43. The van der Waals surface area contributed by atoms with Gasteiger partial charge < -0.3 is 0 Å². The van der Waals surface area contributed by atoms with Crippen molar-refractivity contribution in [3.63, 3.8) is 0 Å². The Morgan fingerprint density at radius 2 is 1.24 bits per heavy atom. The highest BCUT2D eigenvalue weighted by molar-refractivity contribution is 6.01. The lowest BCUT2D eigenvalue weighted by Crippen LogP contribution is -2.28. The molecule has 8 rings (SSSR count). The maximum Gasteiger partial charge on any atom is 0.00992 e. The maximum absolute atomic E-state index is 2.48. The van der Waals surface area contributed by atoms with Crippen molar-refractivity contribution in [3.8, 4) is 22.3 Å². The smallest absolute Gasteiger partial charge is 0.00992 e. The lowest BCUT2D eigenvalue weighted by molar-refractivity contribution is 0.797. The molecule has 0 spiro atoms. The molecule has 1 aliphatic rings. The average molecular weight is 589 g/mol. The van der Waals surface area contributed by atoms with Crippen LogP contribution in [-0.2, 0) is 0 Å². The van der Waals surface area contributed by atoms with Gasteiger partial charge in [0.05, 0.1) is 0 Å². The number of hydrogen-bond donors (Lipinski definition) is 0. The van der Waals surface area contributed by atoms with Crippen LogP contribution in [0, 0.1) is 6.92 Å². The Bertz CT molecular complexity index is 2360. The fourth-order valence-electron chi connectivity index (χ4n) is 7.55. The van der Waals surface area contributed by atoms with Crippen LogP contribution in [0.1, 0.15) is 52.6 Å². The van der Waals surface area contributed by atoms with Gasteiger partial charge in [0, 0.05) is 5.92 Å². The fourth-order valence-corrected chi connectivity index (χ4v) is 7.55. The van der Waals surface area contributed by atoms with Crippen LogP contribution >= 0.6 is 0 Å². The predicted molar refractivity (Wildman–Crippen MR) is 195 cm³/mol. The number of aryl methyl sites for hydroxylation is 1.